The van der Waals surface area contributed by atoms with Gasteiger partial charge in [-0.05, 0) is 36.1 Å². The van der Waals surface area contributed by atoms with Gasteiger partial charge in [-0.2, -0.15) is 0 Å². The number of benzene rings is 2. The van der Waals surface area contributed by atoms with E-state index in [1.54, 1.807) is 0 Å². The first-order chi connectivity index (χ1) is 15.7. The number of hydrogen-bond acceptors (Lipinski definition) is 5. The van der Waals surface area contributed by atoms with Crippen molar-refractivity contribution in [2.45, 2.75) is 31.3 Å². The Bertz CT molecular complexity index is 1040. The van der Waals surface area contributed by atoms with Crippen LogP contribution in [0.15, 0.2) is 48.5 Å². The van der Waals surface area contributed by atoms with Crippen molar-refractivity contribution < 1.29 is 29.0 Å². The Morgan fingerprint density at radius 3 is 2.21 bits per heavy atom. The van der Waals surface area contributed by atoms with Crippen LogP contribution in [0.5, 0.6) is 0 Å². The van der Waals surface area contributed by atoms with Gasteiger partial charge in [0.15, 0.2) is 0 Å². The van der Waals surface area contributed by atoms with Crippen LogP contribution >= 0.6 is 0 Å². The van der Waals surface area contributed by atoms with Crippen LogP contribution in [0.25, 0.3) is 11.1 Å². The molecule has 2 atom stereocenters. The first-order valence-corrected chi connectivity index (χ1v) is 10.9. The van der Waals surface area contributed by atoms with Gasteiger partial charge in [-0.15, -0.1) is 0 Å². The quantitative estimate of drug-likeness (QED) is 0.698. The molecular formula is C25H28N2O6. The van der Waals surface area contributed by atoms with E-state index >= 15 is 0 Å². The molecule has 8 heteroatoms. The molecule has 2 aliphatic rings. The van der Waals surface area contributed by atoms with Crippen molar-refractivity contribution >= 4 is 18.0 Å². The molecule has 2 aromatic rings. The Balaban J connectivity index is 1.40. The average Bonchev–Trinajstić information content (AvgIpc) is 3.39. The summed E-state index contributed by atoms with van der Waals surface area (Å²) >= 11 is 0. The maximum absolute atomic E-state index is 12.9. The highest BCUT2D eigenvalue weighted by Crippen LogP contribution is 2.44. The van der Waals surface area contributed by atoms with Crippen LogP contribution < -0.4 is 5.32 Å². The third kappa shape index (κ3) is 4.18. The fraction of sp³-hybridized carbons (Fsp3) is 0.400. The second-order valence-electron chi connectivity index (χ2n) is 8.98. The highest BCUT2D eigenvalue weighted by Gasteiger charge is 2.43. The minimum atomic E-state index is -1.38. The number of carboxylic acids is 1. The lowest BCUT2D eigenvalue weighted by molar-refractivity contribution is -0.157. The monoisotopic (exact) mass is 452 g/mol. The number of aliphatic carboxylic acids is 1. The summed E-state index contributed by atoms with van der Waals surface area (Å²) in [5, 5.41) is 12.1. The van der Waals surface area contributed by atoms with E-state index in [1.807, 2.05) is 36.4 Å². The van der Waals surface area contributed by atoms with Gasteiger partial charge in [-0.25, -0.2) is 9.59 Å². The molecule has 0 aromatic heterocycles. The molecular weight excluding hydrogens is 424 g/mol. The number of carbonyl (C=O) groups excluding carboxylic acids is 2. The summed E-state index contributed by atoms with van der Waals surface area (Å²) in [6, 6.07) is 15.5. The number of alkyl carbamates (subject to hydrolysis) is 1. The van der Waals surface area contributed by atoms with E-state index in [0.29, 0.717) is 0 Å². The van der Waals surface area contributed by atoms with Gasteiger partial charge in [-0.3, -0.25) is 4.79 Å². The van der Waals surface area contributed by atoms with E-state index in [1.165, 1.54) is 25.8 Å². The lowest BCUT2D eigenvalue weighted by Gasteiger charge is -2.34. The Morgan fingerprint density at radius 2 is 1.64 bits per heavy atom. The van der Waals surface area contributed by atoms with E-state index in [2.05, 4.69) is 17.4 Å². The zero-order chi connectivity index (χ0) is 23.8. The molecule has 33 heavy (non-hydrogen) atoms. The Labute approximate surface area is 192 Å². The van der Waals surface area contributed by atoms with E-state index in [-0.39, 0.29) is 25.7 Å². The van der Waals surface area contributed by atoms with Gasteiger partial charge in [-0.1, -0.05) is 48.5 Å². The molecule has 0 radical (unpaired) electrons. The minimum absolute atomic E-state index is 0.0668. The van der Waals surface area contributed by atoms with Crippen molar-refractivity contribution in [3.63, 3.8) is 0 Å². The summed E-state index contributed by atoms with van der Waals surface area (Å²) in [5.74, 6) is -2.26. The molecule has 1 heterocycles. The highest BCUT2D eigenvalue weighted by molar-refractivity contribution is 5.88. The predicted molar refractivity (Wildman–Crippen MR) is 121 cm³/mol. The molecule has 1 fully saturated rings. The number of carboxylic acid groups (broad SMARTS) is 1. The number of fused-ring (bicyclic) bond motifs is 3. The number of carbonyl (C=O) groups is 3. The summed E-state index contributed by atoms with van der Waals surface area (Å²) < 4.78 is 11.0. The number of ether oxygens (including phenoxy) is 2. The van der Waals surface area contributed by atoms with E-state index < -0.39 is 35.5 Å². The lowest BCUT2D eigenvalue weighted by atomic mass is 9.97. The third-order valence-corrected chi connectivity index (χ3v) is 6.74. The number of likely N-dealkylation sites (N-methyl/N-ethyl adjacent to an activating group) is 1. The van der Waals surface area contributed by atoms with Crippen LogP contribution in [0.2, 0.25) is 0 Å². The Morgan fingerprint density at radius 1 is 1.06 bits per heavy atom. The molecule has 1 aliphatic carbocycles. The Hall–Kier alpha value is -3.39. The normalized spacial score (nSPS) is 19.5. The van der Waals surface area contributed by atoms with Crippen molar-refractivity contribution in [2.75, 3.05) is 26.9 Å². The molecule has 2 N–H and O–H groups in total. The molecule has 0 saturated carbocycles. The predicted octanol–water partition coefficient (Wildman–Crippen LogP) is 2.86. The van der Waals surface area contributed by atoms with E-state index in [4.69, 9.17) is 9.47 Å². The fourth-order valence-electron chi connectivity index (χ4n) is 4.40. The maximum Gasteiger partial charge on any atom is 0.407 e. The zero-order valence-corrected chi connectivity index (χ0v) is 18.9. The fourth-order valence-corrected chi connectivity index (χ4v) is 4.40. The lowest BCUT2D eigenvalue weighted by Crippen LogP contribution is -2.55. The van der Waals surface area contributed by atoms with Gasteiger partial charge in [0.1, 0.15) is 12.1 Å². The van der Waals surface area contributed by atoms with E-state index in [9.17, 15) is 19.5 Å². The van der Waals surface area contributed by atoms with Gasteiger partial charge < -0.3 is 24.8 Å². The standard InChI is InChI=1S/C25H28N2O6/c1-25(2,23(29)30)27(3)22(28)20-12-32-14-21(20)26-24(31)33-13-19-17-10-6-4-8-15(17)16-9-5-7-11-18(16)19/h4-11,19-21H,12-14H2,1-3H3,(H,26,31)(H,29,30). The van der Waals surface area contributed by atoms with Gasteiger partial charge in [0, 0.05) is 13.0 Å². The maximum atomic E-state index is 12.9. The first-order valence-electron chi connectivity index (χ1n) is 10.9. The van der Waals surface area contributed by atoms with Crippen LogP contribution in [0.4, 0.5) is 4.79 Å². The molecule has 174 valence electrons. The van der Waals surface area contributed by atoms with Gasteiger partial charge >= 0.3 is 12.1 Å². The van der Waals surface area contributed by atoms with Crippen molar-refractivity contribution in [3.8, 4) is 11.1 Å². The summed E-state index contributed by atoms with van der Waals surface area (Å²) in [5.41, 5.74) is 3.12. The van der Waals surface area contributed by atoms with Crippen LogP contribution in [0, 0.1) is 5.92 Å². The second kappa shape index (κ2) is 8.86. The van der Waals surface area contributed by atoms with Crippen LogP contribution in [0.1, 0.15) is 30.9 Å². The molecule has 2 unspecified atom stereocenters. The molecule has 8 nitrogen and oxygen atoms in total. The van der Waals surface area contributed by atoms with Crippen molar-refractivity contribution in [2.24, 2.45) is 5.92 Å². The molecule has 1 aliphatic heterocycles. The summed E-state index contributed by atoms with van der Waals surface area (Å²) in [4.78, 5) is 38.2. The van der Waals surface area contributed by atoms with E-state index in [0.717, 1.165) is 22.3 Å². The third-order valence-electron chi connectivity index (χ3n) is 6.74. The van der Waals surface area contributed by atoms with Gasteiger partial charge in [0.2, 0.25) is 5.91 Å². The van der Waals surface area contributed by atoms with Crippen LogP contribution in [-0.4, -0.2) is 66.4 Å². The molecule has 0 bridgehead atoms. The average molecular weight is 453 g/mol. The van der Waals surface area contributed by atoms with Crippen molar-refractivity contribution in [1.29, 1.82) is 0 Å². The minimum Gasteiger partial charge on any atom is -0.480 e. The topological polar surface area (TPSA) is 105 Å². The first kappa shape index (κ1) is 22.8. The smallest absolute Gasteiger partial charge is 0.407 e. The SMILES string of the molecule is CN(C(=O)C1COCC1NC(=O)OCC1c2ccccc2-c2ccccc21)C(C)(C)C(=O)O. The van der Waals surface area contributed by atoms with Crippen LogP contribution in [0.3, 0.4) is 0 Å². The number of amides is 2. The summed E-state index contributed by atoms with van der Waals surface area (Å²) in [7, 11) is 1.44. The largest absolute Gasteiger partial charge is 0.480 e. The molecule has 0 spiro atoms. The number of nitrogens with zero attached hydrogens (tertiary/aromatic N) is 1. The molecule has 2 amide bonds. The molecule has 2 aromatic carbocycles. The van der Waals surface area contributed by atoms with Gasteiger partial charge in [0.05, 0.1) is 25.2 Å². The number of hydrogen-bond donors (Lipinski definition) is 2. The number of rotatable bonds is 6. The second-order valence-corrected chi connectivity index (χ2v) is 8.98. The highest BCUT2D eigenvalue weighted by atomic mass is 16.5. The van der Waals surface area contributed by atoms with Gasteiger partial charge in [0.25, 0.3) is 0 Å². The molecule has 4 rings (SSSR count). The molecule has 1 saturated heterocycles. The van der Waals surface area contributed by atoms with Crippen molar-refractivity contribution in [3.05, 3.63) is 59.7 Å². The summed E-state index contributed by atoms with van der Waals surface area (Å²) in [6.07, 6.45) is -0.634. The zero-order valence-electron chi connectivity index (χ0n) is 18.9. The van der Waals surface area contributed by atoms with Crippen LogP contribution in [-0.2, 0) is 19.1 Å². The Kier molecular flexibility index (Phi) is 6.12. The van der Waals surface area contributed by atoms with Crippen molar-refractivity contribution in [1.82, 2.24) is 10.2 Å². The summed E-state index contributed by atoms with van der Waals surface area (Å²) in [6.45, 7) is 3.33. The number of nitrogens with one attached hydrogen (secondary N) is 1.